The Morgan fingerprint density at radius 3 is 2.79 bits per heavy atom. The number of nitrogens with zero attached hydrogens (tertiary/aromatic N) is 5. The number of rotatable bonds is 5. The molecule has 0 aliphatic heterocycles. The largest absolute Gasteiger partial charge is 0.479 e. The lowest BCUT2D eigenvalue weighted by molar-refractivity contribution is 0.0195. The Balaban J connectivity index is 1.51. The van der Waals surface area contributed by atoms with E-state index in [0.717, 1.165) is 42.3 Å². The molecular weight excluding hydrogens is 422 g/mol. The number of carbonyl (C=O) groups is 1. The molecule has 10 nitrogen and oxygen atoms in total. The van der Waals surface area contributed by atoms with Crippen LogP contribution in [0.1, 0.15) is 43.1 Å². The summed E-state index contributed by atoms with van der Waals surface area (Å²) in [6.45, 7) is 1.88. The molecule has 4 heterocycles. The number of ether oxygens (including phenoxy) is 1. The van der Waals surface area contributed by atoms with E-state index in [9.17, 15) is 9.90 Å². The second kappa shape index (κ2) is 8.04. The van der Waals surface area contributed by atoms with Gasteiger partial charge in [-0.15, -0.1) is 5.10 Å². The van der Waals surface area contributed by atoms with E-state index in [2.05, 4.69) is 25.7 Å². The van der Waals surface area contributed by atoms with Gasteiger partial charge in [0.05, 0.1) is 18.9 Å². The number of imidazole rings is 1. The molecule has 0 radical (unpaired) electrons. The van der Waals surface area contributed by atoms with Gasteiger partial charge in [-0.05, 0) is 50.8 Å². The van der Waals surface area contributed by atoms with Crippen LogP contribution < -0.4 is 15.4 Å². The van der Waals surface area contributed by atoms with Crippen LogP contribution in [-0.4, -0.2) is 60.8 Å². The van der Waals surface area contributed by atoms with Gasteiger partial charge < -0.3 is 20.5 Å². The van der Waals surface area contributed by atoms with Gasteiger partial charge in [-0.1, -0.05) is 0 Å². The number of aromatic nitrogens is 5. The summed E-state index contributed by atoms with van der Waals surface area (Å²) in [4.78, 5) is 21.1. The van der Waals surface area contributed by atoms with E-state index in [0.29, 0.717) is 23.2 Å². The molecule has 0 bridgehead atoms. The average Bonchev–Trinajstić information content (AvgIpc) is 3.43. The van der Waals surface area contributed by atoms with Crippen LogP contribution in [-0.2, 0) is 0 Å². The summed E-state index contributed by atoms with van der Waals surface area (Å²) in [7, 11) is 3.18. The molecule has 1 aliphatic rings. The maximum absolute atomic E-state index is 12.2. The highest BCUT2D eigenvalue weighted by Gasteiger charge is 2.29. The van der Waals surface area contributed by atoms with Gasteiger partial charge in [0.15, 0.2) is 0 Å². The Hall–Kier alpha value is -3.66. The van der Waals surface area contributed by atoms with Crippen LogP contribution >= 0.6 is 0 Å². The lowest BCUT2D eigenvalue weighted by atomic mass is 9.84. The van der Waals surface area contributed by atoms with Gasteiger partial charge in [0, 0.05) is 36.6 Å². The number of hydrogen-bond acceptors (Lipinski definition) is 7. The van der Waals surface area contributed by atoms with Crippen LogP contribution in [0.5, 0.6) is 5.88 Å². The molecular formula is C23H27N7O3. The van der Waals surface area contributed by atoms with Gasteiger partial charge in [0.2, 0.25) is 11.8 Å². The van der Waals surface area contributed by atoms with Crippen molar-refractivity contribution in [3.8, 4) is 17.0 Å². The Bertz CT molecular complexity index is 1330. The van der Waals surface area contributed by atoms with Crippen LogP contribution in [0.15, 0.2) is 36.8 Å². The summed E-state index contributed by atoms with van der Waals surface area (Å²) < 4.78 is 9.14. The molecule has 0 atom stereocenters. The predicted molar refractivity (Wildman–Crippen MR) is 124 cm³/mol. The standard InChI is InChI=1S/C23H27N7O3/c1-23(32)9-6-15(7-10-23)26-22-27-21(33-3)19-16(8-11-30(19)28-22)14-4-5-18-25-12-17(20(31)24-2)29(18)13-14/h4-5,8,11-13,15,32H,6-7,9-10H2,1-3H3,(H,24,31)(H,26,28)/t15-,23+. The van der Waals surface area contributed by atoms with Crippen molar-refractivity contribution in [2.75, 3.05) is 19.5 Å². The second-order valence-electron chi connectivity index (χ2n) is 8.75. The third-order valence-electron chi connectivity index (χ3n) is 6.34. The van der Waals surface area contributed by atoms with Crippen molar-refractivity contribution in [2.45, 2.75) is 44.2 Å². The first kappa shape index (κ1) is 21.2. The fourth-order valence-corrected chi connectivity index (χ4v) is 4.43. The molecule has 4 aromatic rings. The zero-order valence-corrected chi connectivity index (χ0v) is 18.9. The van der Waals surface area contributed by atoms with Crippen LogP contribution in [0.3, 0.4) is 0 Å². The minimum atomic E-state index is -0.593. The molecule has 5 rings (SSSR count). The third-order valence-corrected chi connectivity index (χ3v) is 6.34. The van der Waals surface area contributed by atoms with Crippen LogP contribution in [0.2, 0.25) is 0 Å². The molecule has 3 N–H and O–H groups in total. The van der Waals surface area contributed by atoms with Gasteiger partial charge in [-0.3, -0.25) is 9.20 Å². The predicted octanol–water partition coefficient (Wildman–Crippen LogP) is 2.52. The summed E-state index contributed by atoms with van der Waals surface area (Å²) in [5.41, 5.74) is 3.04. The zero-order chi connectivity index (χ0) is 23.2. The lowest BCUT2D eigenvalue weighted by Gasteiger charge is -2.33. The Morgan fingerprint density at radius 2 is 2.06 bits per heavy atom. The molecule has 0 spiro atoms. The minimum absolute atomic E-state index is 0.203. The molecule has 0 aromatic carbocycles. The van der Waals surface area contributed by atoms with Crippen molar-refractivity contribution in [2.24, 2.45) is 0 Å². The van der Waals surface area contributed by atoms with Crippen LogP contribution in [0.4, 0.5) is 5.95 Å². The van der Waals surface area contributed by atoms with Gasteiger partial charge in [-0.25, -0.2) is 9.50 Å². The molecule has 4 aromatic heterocycles. The smallest absolute Gasteiger partial charge is 0.269 e. The fraction of sp³-hybridized carbons (Fsp3) is 0.391. The summed E-state index contributed by atoms with van der Waals surface area (Å²) in [5, 5.41) is 20.9. The van der Waals surface area contributed by atoms with Gasteiger partial charge in [-0.2, -0.15) is 4.98 Å². The van der Waals surface area contributed by atoms with Crippen molar-refractivity contribution in [1.82, 2.24) is 29.3 Å². The molecule has 33 heavy (non-hydrogen) atoms. The highest BCUT2D eigenvalue weighted by molar-refractivity contribution is 5.93. The second-order valence-corrected chi connectivity index (χ2v) is 8.75. The average molecular weight is 450 g/mol. The Labute approximate surface area is 190 Å². The number of methoxy groups -OCH3 is 1. The molecule has 10 heteroatoms. The zero-order valence-electron chi connectivity index (χ0n) is 18.9. The molecule has 0 saturated heterocycles. The normalized spacial score (nSPS) is 20.8. The first-order valence-electron chi connectivity index (χ1n) is 11.0. The highest BCUT2D eigenvalue weighted by Crippen LogP contribution is 2.33. The number of fused-ring (bicyclic) bond motifs is 2. The van der Waals surface area contributed by atoms with E-state index in [-0.39, 0.29) is 11.9 Å². The van der Waals surface area contributed by atoms with Gasteiger partial charge >= 0.3 is 0 Å². The molecule has 172 valence electrons. The Morgan fingerprint density at radius 1 is 1.27 bits per heavy atom. The number of pyridine rings is 1. The van der Waals surface area contributed by atoms with Gasteiger partial charge in [0.25, 0.3) is 5.91 Å². The number of amides is 1. The van der Waals surface area contributed by atoms with Crippen LogP contribution in [0.25, 0.3) is 22.3 Å². The number of hydrogen-bond donors (Lipinski definition) is 3. The van der Waals surface area contributed by atoms with Crippen molar-refractivity contribution in [1.29, 1.82) is 0 Å². The first-order chi connectivity index (χ1) is 15.9. The topological polar surface area (TPSA) is 118 Å². The van der Waals surface area contributed by atoms with E-state index in [1.54, 1.807) is 29.3 Å². The summed E-state index contributed by atoms with van der Waals surface area (Å²) in [6, 6.07) is 5.97. The summed E-state index contributed by atoms with van der Waals surface area (Å²) in [5.74, 6) is 0.731. The molecule has 1 aliphatic carbocycles. The van der Waals surface area contributed by atoms with E-state index in [1.165, 1.54) is 0 Å². The number of nitrogens with one attached hydrogen (secondary N) is 2. The molecule has 1 fully saturated rings. The van der Waals surface area contributed by atoms with Crippen molar-refractivity contribution >= 4 is 23.0 Å². The third kappa shape index (κ3) is 3.86. The van der Waals surface area contributed by atoms with Crippen molar-refractivity contribution < 1.29 is 14.6 Å². The Kier molecular flexibility index (Phi) is 5.16. The van der Waals surface area contributed by atoms with Gasteiger partial charge in [0.1, 0.15) is 16.9 Å². The quantitative estimate of drug-likeness (QED) is 0.428. The van der Waals surface area contributed by atoms with Crippen molar-refractivity contribution in [3.63, 3.8) is 0 Å². The SMILES string of the molecule is CNC(=O)c1cnc2ccc(-c3ccn4nc(N[C@H]5CC[C@@](C)(O)CC5)nc(OC)c34)cn12. The maximum atomic E-state index is 12.2. The molecule has 1 saturated carbocycles. The molecule has 1 amide bonds. The number of anilines is 1. The van der Waals surface area contributed by atoms with E-state index < -0.39 is 5.60 Å². The fourth-order valence-electron chi connectivity index (χ4n) is 4.43. The first-order valence-corrected chi connectivity index (χ1v) is 11.0. The van der Waals surface area contributed by atoms with E-state index >= 15 is 0 Å². The van der Waals surface area contributed by atoms with Crippen molar-refractivity contribution in [3.05, 3.63) is 42.5 Å². The van der Waals surface area contributed by atoms with E-state index in [1.807, 2.05) is 37.5 Å². The molecule has 0 unspecified atom stereocenters. The number of aliphatic hydroxyl groups is 1. The lowest BCUT2D eigenvalue weighted by Crippen LogP contribution is -2.36. The number of carbonyl (C=O) groups excluding carboxylic acids is 1. The van der Waals surface area contributed by atoms with E-state index in [4.69, 9.17) is 4.74 Å². The summed E-state index contributed by atoms with van der Waals surface area (Å²) in [6.07, 6.45) is 8.49. The van der Waals surface area contributed by atoms with Crippen LogP contribution in [0, 0.1) is 0 Å². The highest BCUT2D eigenvalue weighted by atomic mass is 16.5. The maximum Gasteiger partial charge on any atom is 0.269 e. The minimum Gasteiger partial charge on any atom is -0.479 e. The summed E-state index contributed by atoms with van der Waals surface area (Å²) >= 11 is 0. The monoisotopic (exact) mass is 449 g/mol.